The molecule has 5 nitrogen and oxygen atoms in total. The second-order valence-corrected chi connectivity index (χ2v) is 5.91. The lowest BCUT2D eigenvalue weighted by molar-refractivity contribution is 0.0948. The van der Waals surface area contributed by atoms with Crippen LogP contribution in [0.25, 0.3) is 0 Å². The summed E-state index contributed by atoms with van der Waals surface area (Å²) in [7, 11) is 0. The third-order valence-corrected chi connectivity index (χ3v) is 3.54. The molecule has 0 bridgehead atoms. The van der Waals surface area contributed by atoms with Gasteiger partial charge in [0.2, 0.25) is 0 Å². The molecule has 2 rings (SSSR count). The largest absolute Gasteiger partial charge is 0.351 e. The standard InChI is InChI=1S/C16H18Cl2N4O/c1-2-3-4-5-19-16(23)14-9-15(21-10-20-14)22-13-7-11(17)6-12(18)8-13/h6-10H,2-5H2,1H3,(H,19,23)(H,20,21,22). The van der Waals surface area contributed by atoms with E-state index in [2.05, 4.69) is 27.5 Å². The fourth-order valence-corrected chi connectivity index (χ4v) is 2.52. The van der Waals surface area contributed by atoms with E-state index in [-0.39, 0.29) is 5.91 Å². The van der Waals surface area contributed by atoms with Crippen molar-refractivity contribution in [2.45, 2.75) is 26.2 Å². The number of benzene rings is 1. The molecule has 1 heterocycles. The second-order valence-electron chi connectivity index (χ2n) is 5.03. The number of unbranched alkanes of at least 4 members (excludes halogenated alkanes) is 2. The summed E-state index contributed by atoms with van der Waals surface area (Å²) in [5.41, 5.74) is 1.00. The van der Waals surface area contributed by atoms with Crippen LogP contribution < -0.4 is 10.6 Å². The molecule has 0 aliphatic carbocycles. The average Bonchev–Trinajstić information content (AvgIpc) is 2.50. The first-order valence-corrected chi connectivity index (χ1v) is 8.17. The first kappa shape index (κ1) is 17.5. The van der Waals surface area contributed by atoms with Crippen molar-refractivity contribution in [1.29, 1.82) is 0 Å². The molecule has 0 saturated heterocycles. The van der Waals surface area contributed by atoms with Crippen LogP contribution in [0.4, 0.5) is 11.5 Å². The van der Waals surface area contributed by atoms with Crippen LogP contribution in [0.2, 0.25) is 10.0 Å². The van der Waals surface area contributed by atoms with Crippen molar-refractivity contribution in [1.82, 2.24) is 15.3 Å². The van der Waals surface area contributed by atoms with Gasteiger partial charge in [-0.05, 0) is 24.6 Å². The number of hydrogen-bond acceptors (Lipinski definition) is 4. The molecule has 0 unspecified atom stereocenters. The molecule has 0 atom stereocenters. The number of anilines is 2. The fraction of sp³-hybridized carbons (Fsp3) is 0.312. The highest BCUT2D eigenvalue weighted by molar-refractivity contribution is 6.35. The van der Waals surface area contributed by atoms with Crippen LogP contribution in [0.5, 0.6) is 0 Å². The maximum Gasteiger partial charge on any atom is 0.270 e. The molecule has 0 spiro atoms. The van der Waals surface area contributed by atoms with Gasteiger partial charge in [0.1, 0.15) is 17.8 Å². The van der Waals surface area contributed by atoms with E-state index in [1.54, 1.807) is 24.3 Å². The molecule has 0 saturated carbocycles. The van der Waals surface area contributed by atoms with Gasteiger partial charge in [0, 0.05) is 28.3 Å². The van der Waals surface area contributed by atoms with Crippen molar-refractivity contribution < 1.29 is 4.79 Å². The number of nitrogens with one attached hydrogen (secondary N) is 2. The molecule has 23 heavy (non-hydrogen) atoms. The number of amides is 1. The van der Waals surface area contributed by atoms with Gasteiger partial charge in [0.25, 0.3) is 5.91 Å². The van der Waals surface area contributed by atoms with Crippen LogP contribution >= 0.6 is 23.2 Å². The molecule has 1 amide bonds. The van der Waals surface area contributed by atoms with Crippen LogP contribution in [0.3, 0.4) is 0 Å². The molecular formula is C16H18Cl2N4O. The molecule has 122 valence electrons. The van der Waals surface area contributed by atoms with E-state index in [1.807, 2.05) is 0 Å². The molecule has 2 aromatic rings. The normalized spacial score (nSPS) is 10.4. The summed E-state index contributed by atoms with van der Waals surface area (Å²) in [6.45, 7) is 2.76. The minimum Gasteiger partial charge on any atom is -0.351 e. The predicted molar refractivity (Wildman–Crippen MR) is 93.6 cm³/mol. The quantitative estimate of drug-likeness (QED) is 0.722. The van der Waals surface area contributed by atoms with Crippen molar-refractivity contribution in [3.05, 3.63) is 46.3 Å². The molecule has 7 heteroatoms. The minimum atomic E-state index is -0.212. The van der Waals surface area contributed by atoms with Gasteiger partial charge in [-0.2, -0.15) is 0 Å². The Morgan fingerprint density at radius 3 is 2.52 bits per heavy atom. The summed E-state index contributed by atoms with van der Waals surface area (Å²) < 4.78 is 0. The van der Waals surface area contributed by atoms with Crippen molar-refractivity contribution in [3.63, 3.8) is 0 Å². The van der Waals surface area contributed by atoms with Crippen LogP contribution in [-0.4, -0.2) is 22.4 Å². The van der Waals surface area contributed by atoms with Gasteiger partial charge in [-0.15, -0.1) is 0 Å². The maximum atomic E-state index is 12.0. The number of carbonyl (C=O) groups is 1. The fourth-order valence-electron chi connectivity index (χ4n) is 1.99. The number of rotatable bonds is 7. The summed E-state index contributed by atoms with van der Waals surface area (Å²) in [6.07, 6.45) is 4.50. The van der Waals surface area contributed by atoms with E-state index >= 15 is 0 Å². The van der Waals surface area contributed by atoms with Crippen LogP contribution in [0.15, 0.2) is 30.6 Å². The maximum absolute atomic E-state index is 12.0. The minimum absolute atomic E-state index is 0.212. The lowest BCUT2D eigenvalue weighted by Crippen LogP contribution is -2.25. The predicted octanol–water partition coefficient (Wildman–Crippen LogP) is 4.45. The second kappa shape index (κ2) is 8.70. The molecule has 0 radical (unpaired) electrons. The molecule has 0 fully saturated rings. The third kappa shape index (κ3) is 5.69. The molecule has 0 aliphatic heterocycles. The van der Waals surface area contributed by atoms with Crippen LogP contribution in [0, 0.1) is 0 Å². The van der Waals surface area contributed by atoms with Crippen LogP contribution in [-0.2, 0) is 0 Å². The summed E-state index contributed by atoms with van der Waals surface area (Å²) in [6, 6.07) is 6.67. The smallest absolute Gasteiger partial charge is 0.270 e. The Kier molecular flexibility index (Phi) is 6.62. The van der Waals surface area contributed by atoms with Gasteiger partial charge in [-0.3, -0.25) is 4.79 Å². The van der Waals surface area contributed by atoms with Crippen molar-refractivity contribution in [3.8, 4) is 0 Å². The van der Waals surface area contributed by atoms with Crippen molar-refractivity contribution in [2.24, 2.45) is 0 Å². The van der Waals surface area contributed by atoms with Gasteiger partial charge >= 0.3 is 0 Å². The number of nitrogens with zero attached hydrogens (tertiary/aromatic N) is 2. The van der Waals surface area contributed by atoms with E-state index < -0.39 is 0 Å². The Hall–Kier alpha value is -1.85. The molecule has 1 aromatic heterocycles. The van der Waals surface area contributed by atoms with E-state index in [0.29, 0.717) is 33.8 Å². The van der Waals surface area contributed by atoms with Gasteiger partial charge in [0.15, 0.2) is 0 Å². The van der Waals surface area contributed by atoms with Gasteiger partial charge in [-0.25, -0.2) is 9.97 Å². The van der Waals surface area contributed by atoms with Gasteiger partial charge < -0.3 is 10.6 Å². The molecular weight excluding hydrogens is 335 g/mol. The highest BCUT2D eigenvalue weighted by atomic mass is 35.5. The van der Waals surface area contributed by atoms with E-state index in [4.69, 9.17) is 23.2 Å². The third-order valence-electron chi connectivity index (χ3n) is 3.10. The van der Waals surface area contributed by atoms with Gasteiger partial charge in [-0.1, -0.05) is 43.0 Å². The zero-order valence-electron chi connectivity index (χ0n) is 12.8. The lowest BCUT2D eigenvalue weighted by atomic mass is 10.2. The Morgan fingerprint density at radius 2 is 1.83 bits per heavy atom. The number of aromatic nitrogens is 2. The summed E-state index contributed by atoms with van der Waals surface area (Å²) in [5.74, 6) is 0.285. The van der Waals surface area contributed by atoms with E-state index in [1.165, 1.54) is 6.33 Å². The first-order chi connectivity index (χ1) is 11.1. The summed E-state index contributed by atoms with van der Waals surface area (Å²) in [4.78, 5) is 20.1. The zero-order chi connectivity index (χ0) is 16.7. The highest BCUT2D eigenvalue weighted by Gasteiger charge is 2.08. The molecule has 0 aliphatic rings. The Labute approximate surface area is 145 Å². The highest BCUT2D eigenvalue weighted by Crippen LogP contribution is 2.24. The Bertz CT molecular complexity index is 659. The van der Waals surface area contributed by atoms with E-state index in [9.17, 15) is 4.79 Å². The Balaban J connectivity index is 2.03. The zero-order valence-corrected chi connectivity index (χ0v) is 14.3. The average molecular weight is 353 g/mol. The molecule has 2 N–H and O–H groups in total. The number of carbonyl (C=O) groups excluding carboxylic acids is 1. The van der Waals surface area contributed by atoms with Gasteiger partial charge in [0.05, 0.1) is 0 Å². The summed E-state index contributed by atoms with van der Waals surface area (Å²) in [5, 5.41) is 6.93. The lowest BCUT2D eigenvalue weighted by Gasteiger charge is -2.08. The van der Waals surface area contributed by atoms with E-state index in [0.717, 1.165) is 19.3 Å². The molecule has 1 aromatic carbocycles. The van der Waals surface area contributed by atoms with Crippen molar-refractivity contribution >= 4 is 40.6 Å². The monoisotopic (exact) mass is 352 g/mol. The first-order valence-electron chi connectivity index (χ1n) is 7.42. The SMILES string of the molecule is CCCCCNC(=O)c1cc(Nc2cc(Cl)cc(Cl)c2)ncn1. The van der Waals surface area contributed by atoms with Crippen molar-refractivity contribution in [2.75, 3.05) is 11.9 Å². The topological polar surface area (TPSA) is 66.9 Å². The van der Waals surface area contributed by atoms with Crippen LogP contribution in [0.1, 0.15) is 36.7 Å². The summed E-state index contributed by atoms with van der Waals surface area (Å²) >= 11 is 11.9. The Morgan fingerprint density at radius 1 is 1.09 bits per heavy atom. The number of halogens is 2. The number of hydrogen-bond donors (Lipinski definition) is 2.